The predicted octanol–water partition coefficient (Wildman–Crippen LogP) is 4.25. The number of benzene rings is 3. The van der Waals surface area contributed by atoms with Gasteiger partial charge in [0.15, 0.2) is 0 Å². The fourth-order valence-corrected chi connectivity index (χ4v) is 5.35. The number of rotatable bonds is 8. The van der Waals surface area contributed by atoms with Gasteiger partial charge in [-0.05, 0) is 30.2 Å². The molecule has 1 aliphatic heterocycles. The van der Waals surface area contributed by atoms with Crippen molar-refractivity contribution >= 4 is 10.9 Å². The van der Waals surface area contributed by atoms with Gasteiger partial charge in [0.05, 0.1) is 24.9 Å². The summed E-state index contributed by atoms with van der Waals surface area (Å²) < 4.78 is 2.32. The summed E-state index contributed by atoms with van der Waals surface area (Å²) in [5, 5.41) is 21.7. The molecule has 1 aliphatic rings. The average Bonchev–Trinajstić information content (AvgIpc) is 3.19. The zero-order valence-electron chi connectivity index (χ0n) is 20.5. The maximum Gasteiger partial charge on any atom is 0.0845 e. The number of nitrogens with zero attached hydrogens (tertiary/aromatic N) is 3. The Kier molecular flexibility index (Phi) is 7.30. The molecule has 182 valence electrons. The van der Waals surface area contributed by atoms with Crippen LogP contribution in [0.15, 0.2) is 78.9 Å². The smallest absolute Gasteiger partial charge is 0.0845 e. The highest BCUT2D eigenvalue weighted by molar-refractivity contribution is 6.04. The lowest BCUT2D eigenvalue weighted by molar-refractivity contribution is 0.0598. The summed E-state index contributed by atoms with van der Waals surface area (Å²) in [6.45, 7) is 7.97. The van der Waals surface area contributed by atoms with Gasteiger partial charge in [-0.2, -0.15) is 0 Å². The van der Waals surface area contributed by atoms with Crippen molar-refractivity contribution < 1.29 is 10.2 Å². The highest BCUT2D eigenvalue weighted by Crippen LogP contribution is 2.41. The molecule has 1 atom stereocenters. The van der Waals surface area contributed by atoms with E-state index in [0.29, 0.717) is 13.1 Å². The fourth-order valence-electron chi connectivity index (χ4n) is 5.35. The van der Waals surface area contributed by atoms with Crippen LogP contribution in [0.3, 0.4) is 0 Å². The summed E-state index contributed by atoms with van der Waals surface area (Å²) in [4.78, 5) is 4.62. The van der Waals surface area contributed by atoms with E-state index in [1.165, 1.54) is 22.1 Å². The summed E-state index contributed by atoms with van der Waals surface area (Å²) in [5.41, 5.74) is 7.11. The first-order chi connectivity index (χ1) is 17.1. The second kappa shape index (κ2) is 10.8. The molecule has 0 spiro atoms. The third-order valence-corrected chi connectivity index (χ3v) is 7.07. The van der Waals surface area contributed by atoms with Crippen molar-refractivity contribution in [1.29, 1.82) is 0 Å². The molecule has 5 heteroatoms. The molecule has 2 heterocycles. The molecule has 3 aromatic carbocycles. The number of hydrogen-bond donors (Lipinski definition) is 2. The third-order valence-electron chi connectivity index (χ3n) is 7.07. The molecular formula is C30H35N3O2. The van der Waals surface area contributed by atoms with Crippen LogP contribution >= 0.6 is 0 Å². The number of aryl methyl sites for hydroxylation is 1. The fraction of sp³-hybridized carbons (Fsp3) is 0.333. The average molecular weight is 470 g/mol. The van der Waals surface area contributed by atoms with Crippen LogP contribution in [0.1, 0.15) is 5.56 Å². The summed E-state index contributed by atoms with van der Waals surface area (Å²) in [6, 6.07) is 27.8. The molecular weight excluding hydrogens is 434 g/mol. The molecule has 1 fully saturated rings. The second-order valence-electron chi connectivity index (χ2n) is 9.61. The van der Waals surface area contributed by atoms with E-state index in [-0.39, 0.29) is 6.61 Å². The first-order valence-electron chi connectivity index (χ1n) is 12.6. The normalized spacial score (nSPS) is 16.1. The first kappa shape index (κ1) is 23.8. The van der Waals surface area contributed by atoms with Crippen LogP contribution < -0.4 is 0 Å². The topological polar surface area (TPSA) is 51.9 Å². The Bertz CT molecular complexity index is 1250. The Hall–Kier alpha value is -2.96. The van der Waals surface area contributed by atoms with Crippen molar-refractivity contribution in [3.63, 3.8) is 0 Å². The third kappa shape index (κ3) is 5.19. The lowest BCUT2D eigenvalue weighted by Gasteiger charge is -2.35. The van der Waals surface area contributed by atoms with Crippen molar-refractivity contribution in [2.45, 2.75) is 19.6 Å². The predicted molar refractivity (Wildman–Crippen MR) is 144 cm³/mol. The number of aliphatic hydroxyl groups excluding tert-OH is 2. The lowest BCUT2D eigenvalue weighted by Crippen LogP contribution is -2.49. The van der Waals surface area contributed by atoms with Crippen LogP contribution in [0.4, 0.5) is 0 Å². The first-order valence-corrected chi connectivity index (χ1v) is 12.6. The molecule has 0 unspecified atom stereocenters. The molecule has 0 aliphatic carbocycles. The van der Waals surface area contributed by atoms with Crippen LogP contribution in [0.2, 0.25) is 0 Å². The van der Waals surface area contributed by atoms with Crippen molar-refractivity contribution in [2.24, 2.45) is 0 Å². The quantitative estimate of drug-likeness (QED) is 0.405. The van der Waals surface area contributed by atoms with E-state index in [1.807, 2.05) is 6.07 Å². The van der Waals surface area contributed by atoms with Crippen molar-refractivity contribution in [1.82, 2.24) is 14.4 Å². The van der Waals surface area contributed by atoms with Gasteiger partial charge >= 0.3 is 0 Å². The molecule has 0 radical (unpaired) electrons. The van der Waals surface area contributed by atoms with Gasteiger partial charge in [-0.1, -0.05) is 72.3 Å². The van der Waals surface area contributed by atoms with Crippen LogP contribution in [0, 0.1) is 6.92 Å². The lowest BCUT2D eigenvalue weighted by atomic mass is 9.98. The molecule has 1 saturated heterocycles. The van der Waals surface area contributed by atoms with Gasteiger partial charge in [0.1, 0.15) is 0 Å². The minimum absolute atomic E-state index is 0.203. The SMILES string of the molecule is Cc1ccc2c(c1)c(-c1ccccc1)c(-c1ccccc1)n2C[C@H](O)CN1CCN(CCO)CC1. The Morgan fingerprint density at radius 2 is 1.40 bits per heavy atom. The Balaban J connectivity index is 1.53. The minimum atomic E-state index is -0.484. The van der Waals surface area contributed by atoms with Gasteiger partial charge in [-0.3, -0.25) is 9.80 Å². The summed E-state index contributed by atoms with van der Waals surface area (Å²) in [6.07, 6.45) is -0.484. The van der Waals surface area contributed by atoms with E-state index in [1.54, 1.807) is 0 Å². The van der Waals surface area contributed by atoms with Gasteiger partial charge < -0.3 is 14.8 Å². The van der Waals surface area contributed by atoms with Gasteiger partial charge in [-0.15, -0.1) is 0 Å². The number of fused-ring (bicyclic) bond motifs is 1. The Morgan fingerprint density at radius 3 is 2.06 bits per heavy atom. The molecule has 5 nitrogen and oxygen atoms in total. The highest BCUT2D eigenvalue weighted by atomic mass is 16.3. The maximum atomic E-state index is 11.3. The Morgan fingerprint density at radius 1 is 0.771 bits per heavy atom. The van der Waals surface area contributed by atoms with Gasteiger partial charge in [0.2, 0.25) is 0 Å². The monoisotopic (exact) mass is 469 g/mol. The molecule has 0 saturated carbocycles. The van der Waals surface area contributed by atoms with Crippen LogP contribution in [-0.4, -0.2) is 76.6 Å². The van der Waals surface area contributed by atoms with E-state index >= 15 is 0 Å². The molecule has 1 aromatic heterocycles. The van der Waals surface area contributed by atoms with E-state index in [0.717, 1.165) is 49.5 Å². The van der Waals surface area contributed by atoms with Crippen LogP contribution in [0.25, 0.3) is 33.3 Å². The molecule has 0 amide bonds. The second-order valence-corrected chi connectivity index (χ2v) is 9.61. The van der Waals surface area contributed by atoms with Crippen molar-refractivity contribution in [2.75, 3.05) is 45.9 Å². The van der Waals surface area contributed by atoms with Crippen molar-refractivity contribution in [3.05, 3.63) is 84.4 Å². The zero-order valence-corrected chi connectivity index (χ0v) is 20.5. The molecule has 0 bridgehead atoms. The Labute approximate surface area is 207 Å². The number of aliphatic hydroxyl groups is 2. The molecule has 4 aromatic rings. The highest BCUT2D eigenvalue weighted by Gasteiger charge is 2.24. The van der Waals surface area contributed by atoms with E-state index in [2.05, 4.69) is 94.1 Å². The molecule has 35 heavy (non-hydrogen) atoms. The largest absolute Gasteiger partial charge is 0.395 e. The van der Waals surface area contributed by atoms with E-state index < -0.39 is 6.10 Å². The standard InChI is InChI=1S/C30H35N3O2/c1-23-12-13-28-27(20-23)29(24-8-4-2-5-9-24)30(25-10-6-3-7-11-25)33(28)22-26(35)21-32-16-14-31(15-17-32)18-19-34/h2-13,20,26,34-35H,14-19,21-22H2,1H3/t26-/m1/s1. The number of piperazine rings is 1. The van der Waals surface area contributed by atoms with Gasteiger partial charge in [0.25, 0.3) is 0 Å². The molecule has 2 N–H and O–H groups in total. The van der Waals surface area contributed by atoms with Gasteiger partial charge in [-0.25, -0.2) is 0 Å². The summed E-state index contributed by atoms with van der Waals surface area (Å²) in [5.74, 6) is 0. The van der Waals surface area contributed by atoms with E-state index in [9.17, 15) is 10.2 Å². The van der Waals surface area contributed by atoms with Gasteiger partial charge in [0, 0.05) is 55.7 Å². The summed E-state index contributed by atoms with van der Waals surface area (Å²) >= 11 is 0. The van der Waals surface area contributed by atoms with Crippen LogP contribution in [-0.2, 0) is 6.54 Å². The van der Waals surface area contributed by atoms with Crippen molar-refractivity contribution in [3.8, 4) is 22.4 Å². The van der Waals surface area contributed by atoms with Crippen LogP contribution in [0.5, 0.6) is 0 Å². The number of β-amino-alcohol motifs (C(OH)–C–C–N with tert-alkyl or cyclic N) is 2. The summed E-state index contributed by atoms with van der Waals surface area (Å²) in [7, 11) is 0. The molecule has 5 rings (SSSR count). The van der Waals surface area contributed by atoms with E-state index in [4.69, 9.17) is 0 Å². The zero-order chi connectivity index (χ0) is 24.2. The number of hydrogen-bond acceptors (Lipinski definition) is 4. The minimum Gasteiger partial charge on any atom is -0.395 e. The number of aromatic nitrogens is 1. The maximum absolute atomic E-state index is 11.3.